The molecule has 1 aromatic rings. The van der Waals surface area contributed by atoms with Crippen molar-refractivity contribution < 1.29 is 5.11 Å². The van der Waals surface area contributed by atoms with Crippen LogP contribution in [-0.2, 0) is 6.42 Å². The summed E-state index contributed by atoms with van der Waals surface area (Å²) in [5.74, 6) is 1.27. The zero-order valence-corrected chi connectivity index (χ0v) is 11.2. The van der Waals surface area contributed by atoms with Crippen molar-refractivity contribution in [3.05, 3.63) is 29.3 Å². The maximum absolute atomic E-state index is 9.52. The van der Waals surface area contributed by atoms with Crippen LogP contribution in [0.3, 0.4) is 0 Å². The van der Waals surface area contributed by atoms with Crippen LogP contribution in [0.5, 0.6) is 5.75 Å². The quantitative estimate of drug-likeness (QED) is 0.853. The third-order valence-corrected chi connectivity index (χ3v) is 4.78. The van der Waals surface area contributed by atoms with Gasteiger partial charge in [-0.25, -0.2) is 0 Å². The Bertz CT molecular complexity index is 423. The number of fused-ring (bicyclic) bond motifs is 1. The van der Waals surface area contributed by atoms with Gasteiger partial charge in [0.05, 0.1) is 0 Å². The van der Waals surface area contributed by atoms with Crippen LogP contribution >= 0.6 is 0 Å². The molecule has 0 saturated heterocycles. The second-order valence-electron chi connectivity index (χ2n) is 5.97. The van der Waals surface area contributed by atoms with Crippen LogP contribution < -0.4 is 5.32 Å². The molecule has 0 aliphatic heterocycles. The van der Waals surface area contributed by atoms with E-state index in [4.69, 9.17) is 0 Å². The highest BCUT2D eigenvalue weighted by molar-refractivity contribution is 5.40. The number of phenolic OH excluding ortho intramolecular Hbond substituents is 1. The molecule has 3 rings (SSSR count). The second kappa shape index (κ2) is 4.93. The molecule has 1 unspecified atom stereocenters. The monoisotopic (exact) mass is 245 g/mol. The van der Waals surface area contributed by atoms with Gasteiger partial charge in [0, 0.05) is 12.1 Å². The Morgan fingerprint density at radius 1 is 1.22 bits per heavy atom. The van der Waals surface area contributed by atoms with Gasteiger partial charge in [0.25, 0.3) is 0 Å². The summed E-state index contributed by atoms with van der Waals surface area (Å²) in [5, 5.41) is 13.3. The van der Waals surface area contributed by atoms with Crippen molar-refractivity contribution in [2.24, 2.45) is 5.92 Å². The van der Waals surface area contributed by atoms with Crippen molar-refractivity contribution in [2.75, 3.05) is 0 Å². The molecule has 2 N–H and O–H groups in total. The lowest BCUT2D eigenvalue weighted by atomic mass is 9.98. The highest BCUT2D eigenvalue weighted by Crippen LogP contribution is 2.35. The molecule has 2 heteroatoms. The Morgan fingerprint density at radius 3 is 2.78 bits per heavy atom. The molecule has 0 heterocycles. The van der Waals surface area contributed by atoms with Crippen LogP contribution in [0.1, 0.15) is 56.2 Å². The topological polar surface area (TPSA) is 32.3 Å². The predicted octanol–water partition coefficient (Wildman–Crippen LogP) is 3.55. The maximum Gasteiger partial charge on any atom is 0.115 e. The molecule has 0 amide bonds. The summed E-state index contributed by atoms with van der Waals surface area (Å²) < 4.78 is 0. The van der Waals surface area contributed by atoms with Crippen LogP contribution in [0, 0.1) is 5.92 Å². The largest absolute Gasteiger partial charge is 0.508 e. The van der Waals surface area contributed by atoms with E-state index in [1.54, 1.807) is 0 Å². The Labute approximate surface area is 109 Å². The third kappa shape index (κ3) is 2.26. The van der Waals surface area contributed by atoms with Gasteiger partial charge in [0.2, 0.25) is 0 Å². The fraction of sp³-hybridized carbons (Fsp3) is 0.625. The molecular weight excluding hydrogens is 222 g/mol. The summed E-state index contributed by atoms with van der Waals surface area (Å²) in [7, 11) is 0. The van der Waals surface area contributed by atoms with Crippen molar-refractivity contribution in [1.82, 2.24) is 5.32 Å². The summed E-state index contributed by atoms with van der Waals surface area (Å²) in [5.41, 5.74) is 2.73. The average molecular weight is 245 g/mol. The molecule has 2 aliphatic carbocycles. The molecule has 0 bridgehead atoms. The average Bonchev–Trinajstić information content (AvgIpc) is 2.98. The SMILES string of the molecule is C[C@H](NC1CCc2cc(O)ccc21)C1CCCC1. The van der Waals surface area contributed by atoms with Crippen molar-refractivity contribution in [3.8, 4) is 5.75 Å². The summed E-state index contributed by atoms with van der Waals surface area (Å²) in [6.07, 6.45) is 7.87. The normalized spacial score (nSPS) is 25.3. The maximum atomic E-state index is 9.52. The number of phenols is 1. The van der Waals surface area contributed by atoms with Gasteiger partial charge in [-0.05, 0) is 61.8 Å². The first kappa shape index (κ1) is 12.0. The van der Waals surface area contributed by atoms with E-state index in [9.17, 15) is 5.11 Å². The Balaban J connectivity index is 1.68. The van der Waals surface area contributed by atoms with Gasteiger partial charge in [0.1, 0.15) is 5.75 Å². The van der Waals surface area contributed by atoms with Gasteiger partial charge in [-0.15, -0.1) is 0 Å². The number of aromatic hydroxyl groups is 1. The molecule has 1 aromatic carbocycles. The van der Waals surface area contributed by atoms with Gasteiger partial charge in [-0.1, -0.05) is 18.9 Å². The van der Waals surface area contributed by atoms with E-state index >= 15 is 0 Å². The molecule has 2 atom stereocenters. The minimum atomic E-state index is 0.401. The number of aryl methyl sites for hydroxylation is 1. The number of benzene rings is 1. The van der Waals surface area contributed by atoms with Gasteiger partial charge >= 0.3 is 0 Å². The fourth-order valence-corrected chi connectivity index (χ4v) is 3.69. The molecule has 18 heavy (non-hydrogen) atoms. The van der Waals surface area contributed by atoms with Crippen LogP contribution in [0.15, 0.2) is 18.2 Å². The minimum absolute atomic E-state index is 0.401. The highest BCUT2D eigenvalue weighted by Gasteiger charge is 2.27. The molecule has 0 radical (unpaired) electrons. The minimum Gasteiger partial charge on any atom is -0.508 e. The summed E-state index contributed by atoms with van der Waals surface area (Å²) in [4.78, 5) is 0. The third-order valence-electron chi connectivity index (χ3n) is 4.78. The number of hydrogen-bond donors (Lipinski definition) is 2. The summed E-state index contributed by atoms with van der Waals surface area (Å²) >= 11 is 0. The smallest absolute Gasteiger partial charge is 0.115 e. The second-order valence-corrected chi connectivity index (χ2v) is 5.97. The number of nitrogens with one attached hydrogen (secondary N) is 1. The molecule has 0 spiro atoms. The Morgan fingerprint density at radius 2 is 2.00 bits per heavy atom. The highest BCUT2D eigenvalue weighted by atomic mass is 16.3. The first-order valence-electron chi connectivity index (χ1n) is 7.32. The zero-order valence-electron chi connectivity index (χ0n) is 11.2. The van der Waals surface area contributed by atoms with Gasteiger partial charge in [0.15, 0.2) is 0 Å². The zero-order chi connectivity index (χ0) is 12.5. The molecule has 2 nitrogen and oxygen atoms in total. The first-order valence-corrected chi connectivity index (χ1v) is 7.32. The fourth-order valence-electron chi connectivity index (χ4n) is 3.69. The first-order chi connectivity index (χ1) is 8.74. The van der Waals surface area contributed by atoms with Crippen molar-refractivity contribution in [1.29, 1.82) is 0 Å². The van der Waals surface area contributed by atoms with Gasteiger partial charge in [-0.2, -0.15) is 0 Å². The molecular formula is C16H23NO. The summed E-state index contributed by atoms with van der Waals surface area (Å²) in [6, 6.07) is 6.96. The number of hydrogen-bond acceptors (Lipinski definition) is 2. The van der Waals surface area contributed by atoms with Crippen LogP contribution in [-0.4, -0.2) is 11.1 Å². The van der Waals surface area contributed by atoms with Crippen LogP contribution in [0.25, 0.3) is 0 Å². The lowest BCUT2D eigenvalue weighted by Crippen LogP contribution is -2.34. The molecule has 1 saturated carbocycles. The van der Waals surface area contributed by atoms with Gasteiger partial charge in [-0.3, -0.25) is 0 Å². The lowest BCUT2D eigenvalue weighted by molar-refractivity contribution is 0.342. The van der Waals surface area contributed by atoms with E-state index in [1.807, 2.05) is 12.1 Å². The van der Waals surface area contributed by atoms with E-state index in [0.29, 0.717) is 17.8 Å². The molecule has 2 aliphatic rings. The van der Waals surface area contributed by atoms with Crippen LogP contribution in [0.4, 0.5) is 0 Å². The standard InChI is InChI=1S/C16H23NO/c1-11(12-4-2-3-5-12)17-16-9-6-13-10-14(18)7-8-15(13)16/h7-8,10-12,16-18H,2-6,9H2,1H3/t11-,16?/m0/s1. The Hall–Kier alpha value is -1.02. The number of rotatable bonds is 3. The van der Waals surface area contributed by atoms with E-state index in [2.05, 4.69) is 18.3 Å². The van der Waals surface area contributed by atoms with Crippen molar-refractivity contribution in [3.63, 3.8) is 0 Å². The van der Waals surface area contributed by atoms with Gasteiger partial charge < -0.3 is 10.4 Å². The molecule has 1 fully saturated rings. The van der Waals surface area contributed by atoms with Crippen LogP contribution in [0.2, 0.25) is 0 Å². The van der Waals surface area contributed by atoms with E-state index in [1.165, 1.54) is 43.2 Å². The summed E-state index contributed by atoms with van der Waals surface area (Å²) in [6.45, 7) is 2.34. The van der Waals surface area contributed by atoms with Crippen molar-refractivity contribution in [2.45, 2.75) is 57.5 Å². The van der Waals surface area contributed by atoms with Crippen molar-refractivity contribution >= 4 is 0 Å². The van der Waals surface area contributed by atoms with E-state index in [0.717, 1.165) is 12.3 Å². The molecule has 98 valence electrons. The predicted molar refractivity (Wildman–Crippen MR) is 73.7 cm³/mol. The Kier molecular flexibility index (Phi) is 3.29. The van der Waals surface area contributed by atoms with E-state index in [-0.39, 0.29) is 0 Å². The van der Waals surface area contributed by atoms with E-state index < -0.39 is 0 Å². The lowest BCUT2D eigenvalue weighted by Gasteiger charge is -2.25. The molecule has 0 aromatic heterocycles.